The summed E-state index contributed by atoms with van der Waals surface area (Å²) in [6.07, 6.45) is -4.27. The molecule has 0 amide bonds. The zero-order valence-electron chi connectivity index (χ0n) is 7.24. The van der Waals surface area contributed by atoms with E-state index >= 15 is 0 Å². The van der Waals surface area contributed by atoms with E-state index in [-0.39, 0.29) is 0 Å². The monoisotopic (exact) mass is 267 g/mol. The van der Waals surface area contributed by atoms with Crippen LogP contribution in [0.4, 0.5) is 18.9 Å². The average molecular weight is 268 g/mol. The molecule has 0 bridgehead atoms. The number of benzene rings is 1. The Kier molecular flexibility index (Phi) is 3.80. The molecule has 0 aromatic heterocycles. The largest absolute Gasteiger partial charge is 0.416 e. The molecular weight excluding hydrogens is 259 g/mol. The summed E-state index contributed by atoms with van der Waals surface area (Å²) in [7, 11) is 0. The first-order valence-electron chi connectivity index (χ1n) is 4.01. The molecule has 0 saturated heterocycles. The van der Waals surface area contributed by atoms with E-state index in [9.17, 15) is 13.2 Å². The van der Waals surface area contributed by atoms with Gasteiger partial charge in [-0.2, -0.15) is 13.2 Å². The van der Waals surface area contributed by atoms with E-state index in [0.717, 1.165) is 12.1 Å². The van der Waals surface area contributed by atoms with Crippen molar-refractivity contribution in [2.45, 2.75) is 6.18 Å². The fourth-order valence-electron chi connectivity index (χ4n) is 0.997. The fraction of sp³-hybridized carbons (Fsp3) is 0.333. The molecule has 0 radical (unpaired) electrons. The zero-order chi connectivity index (χ0) is 10.6. The number of nitrogens with one attached hydrogen (secondary N) is 1. The van der Waals surface area contributed by atoms with Gasteiger partial charge in [-0.3, -0.25) is 0 Å². The summed E-state index contributed by atoms with van der Waals surface area (Å²) in [5.41, 5.74) is -0.142. The lowest BCUT2D eigenvalue weighted by Gasteiger charge is -2.09. The number of rotatable bonds is 3. The van der Waals surface area contributed by atoms with Crippen molar-refractivity contribution in [1.29, 1.82) is 0 Å². The van der Waals surface area contributed by atoms with Crippen LogP contribution in [0.5, 0.6) is 0 Å². The third-order valence-corrected chi connectivity index (χ3v) is 2.01. The number of halogens is 4. The van der Waals surface area contributed by atoms with Crippen LogP contribution in [0.15, 0.2) is 24.3 Å². The predicted molar refractivity (Wildman–Crippen MR) is 53.7 cm³/mol. The van der Waals surface area contributed by atoms with Gasteiger partial charge in [0.1, 0.15) is 0 Å². The van der Waals surface area contributed by atoms with Crippen LogP contribution >= 0.6 is 15.9 Å². The molecule has 1 rings (SSSR count). The summed E-state index contributed by atoms with van der Waals surface area (Å²) in [5.74, 6) is 0. The molecule has 0 heterocycles. The molecule has 1 nitrogen and oxygen atoms in total. The molecule has 1 aromatic carbocycles. The minimum absolute atomic E-state index is 0.485. The van der Waals surface area contributed by atoms with Gasteiger partial charge in [-0.25, -0.2) is 0 Å². The lowest BCUT2D eigenvalue weighted by molar-refractivity contribution is -0.137. The molecule has 0 spiro atoms. The van der Waals surface area contributed by atoms with Gasteiger partial charge in [-0.15, -0.1) is 0 Å². The predicted octanol–water partition coefficient (Wildman–Crippen LogP) is 3.51. The molecule has 5 heteroatoms. The van der Waals surface area contributed by atoms with Crippen molar-refractivity contribution in [2.75, 3.05) is 17.2 Å². The van der Waals surface area contributed by atoms with Gasteiger partial charge in [0.05, 0.1) is 5.56 Å². The zero-order valence-corrected chi connectivity index (χ0v) is 8.82. The van der Waals surface area contributed by atoms with Crippen LogP contribution in [0.3, 0.4) is 0 Å². The lowest BCUT2D eigenvalue weighted by Crippen LogP contribution is -2.07. The normalized spacial score (nSPS) is 11.4. The number of anilines is 1. The van der Waals surface area contributed by atoms with Gasteiger partial charge in [0.2, 0.25) is 0 Å². The van der Waals surface area contributed by atoms with Gasteiger partial charge in [0.25, 0.3) is 0 Å². The van der Waals surface area contributed by atoms with Crippen LogP contribution in [-0.2, 0) is 6.18 Å². The molecule has 0 saturated carbocycles. The smallest absolute Gasteiger partial charge is 0.384 e. The minimum Gasteiger partial charge on any atom is -0.384 e. The summed E-state index contributed by atoms with van der Waals surface area (Å²) < 4.78 is 36.8. The highest BCUT2D eigenvalue weighted by Crippen LogP contribution is 2.30. The topological polar surface area (TPSA) is 12.0 Å². The maximum absolute atomic E-state index is 12.3. The van der Waals surface area contributed by atoms with E-state index in [1.165, 1.54) is 6.07 Å². The Morgan fingerprint density at radius 1 is 1.29 bits per heavy atom. The fourth-order valence-corrected chi connectivity index (χ4v) is 1.20. The molecule has 1 N–H and O–H groups in total. The van der Waals surface area contributed by atoms with E-state index in [1.54, 1.807) is 6.07 Å². The highest BCUT2D eigenvalue weighted by Gasteiger charge is 2.30. The second kappa shape index (κ2) is 4.68. The summed E-state index contributed by atoms with van der Waals surface area (Å²) in [5, 5.41) is 3.56. The van der Waals surface area contributed by atoms with Crippen molar-refractivity contribution in [1.82, 2.24) is 0 Å². The van der Waals surface area contributed by atoms with E-state index < -0.39 is 11.7 Å². The Balaban J connectivity index is 2.79. The molecule has 0 fully saturated rings. The third kappa shape index (κ3) is 3.21. The Hall–Kier alpha value is -0.710. The van der Waals surface area contributed by atoms with E-state index in [4.69, 9.17) is 0 Å². The Labute approximate surface area is 88.4 Å². The van der Waals surface area contributed by atoms with Gasteiger partial charge in [0.15, 0.2) is 0 Å². The highest BCUT2D eigenvalue weighted by molar-refractivity contribution is 9.09. The van der Waals surface area contributed by atoms with Gasteiger partial charge in [-0.05, 0) is 18.2 Å². The van der Waals surface area contributed by atoms with Crippen LogP contribution in [0, 0.1) is 0 Å². The first kappa shape index (κ1) is 11.4. The number of hydrogen-bond donors (Lipinski definition) is 1. The van der Waals surface area contributed by atoms with Crippen molar-refractivity contribution in [3.8, 4) is 0 Å². The molecule has 0 aliphatic carbocycles. The first-order valence-corrected chi connectivity index (χ1v) is 5.13. The first-order chi connectivity index (χ1) is 6.54. The maximum atomic E-state index is 12.3. The molecular formula is C9H9BrF3N. The summed E-state index contributed by atoms with van der Waals surface area (Å²) >= 11 is 3.18. The highest BCUT2D eigenvalue weighted by atomic mass is 79.9. The van der Waals surface area contributed by atoms with E-state index in [2.05, 4.69) is 21.2 Å². The van der Waals surface area contributed by atoms with Gasteiger partial charge >= 0.3 is 6.18 Å². The molecule has 1 aromatic rings. The standard InChI is InChI=1S/C9H9BrF3N/c10-4-5-14-8-3-1-2-7(6-8)9(11,12)13/h1-3,6,14H,4-5H2. The lowest BCUT2D eigenvalue weighted by atomic mass is 10.2. The van der Waals surface area contributed by atoms with Gasteiger partial charge < -0.3 is 5.32 Å². The van der Waals surface area contributed by atoms with Crippen molar-refractivity contribution in [3.63, 3.8) is 0 Å². The summed E-state index contributed by atoms with van der Waals surface area (Å²) in [4.78, 5) is 0. The van der Waals surface area contributed by atoms with E-state index in [0.29, 0.717) is 17.6 Å². The molecule has 0 unspecified atom stereocenters. The van der Waals surface area contributed by atoms with E-state index in [1.807, 2.05) is 0 Å². The SMILES string of the molecule is FC(F)(F)c1cccc(NCCBr)c1. The second-order valence-corrected chi connectivity index (χ2v) is 3.49. The number of alkyl halides is 4. The number of hydrogen-bond acceptors (Lipinski definition) is 1. The van der Waals surface area contributed by atoms with Crippen LogP contribution < -0.4 is 5.32 Å². The van der Waals surface area contributed by atoms with Gasteiger partial charge in [-0.1, -0.05) is 22.0 Å². The molecule has 78 valence electrons. The van der Waals surface area contributed by atoms with Crippen LogP contribution in [0.2, 0.25) is 0 Å². The Morgan fingerprint density at radius 2 is 2.00 bits per heavy atom. The third-order valence-electron chi connectivity index (χ3n) is 1.61. The van der Waals surface area contributed by atoms with Crippen molar-refractivity contribution in [2.24, 2.45) is 0 Å². The summed E-state index contributed by atoms with van der Waals surface area (Å²) in [6, 6.07) is 5.15. The van der Waals surface area contributed by atoms with Crippen molar-refractivity contribution < 1.29 is 13.2 Å². The maximum Gasteiger partial charge on any atom is 0.416 e. The molecule has 0 aliphatic heterocycles. The molecule has 14 heavy (non-hydrogen) atoms. The van der Waals surface area contributed by atoms with Crippen molar-refractivity contribution >= 4 is 21.6 Å². The minimum atomic E-state index is -4.27. The quantitative estimate of drug-likeness (QED) is 0.827. The molecule has 0 aliphatic rings. The van der Waals surface area contributed by atoms with Crippen LogP contribution in [0.25, 0.3) is 0 Å². The van der Waals surface area contributed by atoms with Crippen LogP contribution in [-0.4, -0.2) is 11.9 Å². The average Bonchev–Trinajstić information content (AvgIpc) is 2.14. The second-order valence-electron chi connectivity index (χ2n) is 2.69. The Morgan fingerprint density at radius 3 is 2.57 bits per heavy atom. The van der Waals surface area contributed by atoms with Gasteiger partial charge in [0, 0.05) is 17.6 Å². The molecule has 0 atom stereocenters. The Bertz CT molecular complexity index is 298. The summed E-state index contributed by atoms with van der Waals surface area (Å²) in [6.45, 7) is 0.599. The van der Waals surface area contributed by atoms with Crippen LogP contribution in [0.1, 0.15) is 5.56 Å². The van der Waals surface area contributed by atoms with Crippen molar-refractivity contribution in [3.05, 3.63) is 29.8 Å².